The van der Waals surface area contributed by atoms with E-state index in [4.69, 9.17) is 5.14 Å². The minimum atomic E-state index is -4.07. The van der Waals surface area contributed by atoms with Crippen molar-refractivity contribution in [3.63, 3.8) is 0 Å². The minimum Gasteiger partial charge on any atom is -0.240 e. The van der Waals surface area contributed by atoms with Gasteiger partial charge in [-0.05, 0) is 38.1 Å². The van der Waals surface area contributed by atoms with Gasteiger partial charge in [0, 0.05) is 0 Å². The van der Waals surface area contributed by atoms with Gasteiger partial charge in [-0.3, -0.25) is 0 Å². The molecule has 0 aromatic heterocycles. The van der Waals surface area contributed by atoms with Crippen molar-refractivity contribution < 1.29 is 12.6 Å². The molecule has 0 saturated heterocycles. The first kappa shape index (κ1) is 15.7. The smallest absolute Gasteiger partial charge is 0.240 e. The van der Waals surface area contributed by atoms with E-state index in [1.165, 1.54) is 24.3 Å². The second-order valence-corrected chi connectivity index (χ2v) is 8.37. The summed E-state index contributed by atoms with van der Waals surface area (Å²) in [5.74, 6) is 0. The molecule has 0 amide bonds. The summed E-state index contributed by atoms with van der Waals surface area (Å²) < 4.78 is 40.2. The number of nitrogens with two attached hydrogens (primary N) is 1. The molecule has 0 aliphatic heterocycles. The monoisotopic (exact) mass is 324 g/mol. The summed E-state index contributed by atoms with van der Waals surface area (Å²) >= 11 is 0. The summed E-state index contributed by atoms with van der Waals surface area (Å²) in [6.45, 7) is 3.70. The fraction of sp³-hybridized carbons (Fsp3) is 0.143. The lowest BCUT2D eigenvalue weighted by atomic mass is 10.2. The maximum Gasteiger partial charge on any atom is 0.291 e. The summed E-state index contributed by atoms with van der Waals surface area (Å²) in [5, 5.41) is 5.62. The van der Waals surface area contributed by atoms with Crippen molar-refractivity contribution >= 4 is 19.9 Å². The van der Waals surface area contributed by atoms with Gasteiger partial charge in [-0.15, -0.1) is 0 Å². The summed E-state index contributed by atoms with van der Waals surface area (Å²) in [4.78, 5) is 0.155. The average molecular weight is 324 g/mol. The van der Waals surface area contributed by atoms with Crippen molar-refractivity contribution in [3.05, 3.63) is 59.7 Å². The van der Waals surface area contributed by atoms with Crippen molar-refractivity contribution in [2.45, 2.75) is 23.6 Å². The molecule has 112 valence electrons. The molecule has 0 aliphatic carbocycles. The fourth-order valence-electron chi connectivity index (χ4n) is 1.68. The Balaban J connectivity index is 2.52. The maximum atomic E-state index is 12.4. The van der Waals surface area contributed by atoms with Crippen molar-refractivity contribution in [2.24, 2.45) is 8.91 Å². The first-order valence-electron chi connectivity index (χ1n) is 6.15. The Morgan fingerprint density at radius 1 is 0.762 bits per heavy atom. The third-order valence-electron chi connectivity index (χ3n) is 2.89. The Morgan fingerprint density at radius 3 is 1.57 bits per heavy atom. The molecule has 0 radical (unpaired) electrons. The van der Waals surface area contributed by atoms with E-state index in [0.717, 1.165) is 11.1 Å². The molecular formula is C14H16N2O3S2. The van der Waals surface area contributed by atoms with Crippen LogP contribution in [0, 0.1) is 13.8 Å². The maximum absolute atomic E-state index is 12.4. The van der Waals surface area contributed by atoms with Crippen LogP contribution >= 0.6 is 0 Å². The van der Waals surface area contributed by atoms with Crippen LogP contribution in [-0.4, -0.2) is 12.6 Å². The Hall–Kier alpha value is -1.70. The number of hydrogen-bond donors (Lipinski definition) is 1. The highest BCUT2D eigenvalue weighted by molar-refractivity contribution is 8.02. The Labute approximate surface area is 125 Å². The molecule has 5 nitrogen and oxygen atoms in total. The number of aryl methyl sites for hydroxylation is 2. The third kappa shape index (κ3) is 3.69. The molecule has 7 heteroatoms. The number of hydrogen-bond acceptors (Lipinski definition) is 3. The SMILES string of the molecule is Cc1ccc(S(=O)(=O)N=S(N)(=O)c2ccc(C)cc2)cc1. The third-order valence-corrected chi connectivity index (χ3v) is 6.37. The van der Waals surface area contributed by atoms with Crippen LogP contribution in [0.5, 0.6) is 0 Å². The van der Waals surface area contributed by atoms with Gasteiger partial charge in [-0.25, -0.2) is 9.35 Å². The minimum absolute atomic E-state index is 0.0293. The molecule has 0 spiro atoms. The summed E-state index contributed by atoms with van der Waals surface area (Å²) in [6.07, 6.45) is 0. The van der Waals surface area contributed by atoms with E-state index in [-0.39, 0.29) is 9.79 Å². The Kier molecular flexibility index (Phi) is 4.18. The lowest BCUT2D eigenvalue weighted by Crippen LogP contribution is -2.15. The molecule has 2 rings (SSSR count). The number of rotatable bonds is 3. The zero-order chi connectivity index (χ0) is 15.7. The van der Waals surface area contributed by atoms with E-state index in [1.807, 2.05) is 13.8 Å². The van der Waals surface area contributed by atoms with Crippen LogP contribution in [0.15, 0.2) is 62.1 Å². The van der Waals surface area contributed by atoms with E-state index in [0.29, 0.717) is 0 Å². The highest BCUT2D eigenvalue weighted by Gasteiger charge is 2.17. The Bertz CT molecular complexity index is 861. The molecule has 2 aromatic carbocycles. The summed E-state index contributed by atoms with van der Waals surface area (Å²) in [6, 6.07) is 12.6. The van der Waals surface area contributed by atoms with Gasteiger partial charge in [-0.2, -0.15) is 8.42 Å². The second kappa shape index (κ2) is 5.59. The van der Waals surface area contributed by atoms with Crippen LogP contribution in [-0.2, 0) is 19.9 Å². The van der Waals surface area contributed by atoms with Gasteiger partial charge >= 0.3 is 0 Å². The normalized spacial score (nSPS) is 14.4. The van der Waals surface area contributed by atoms with Crippen molar-refractivity contribution in [1.82, 2.24) is 0 Å². The van der Waals surface area contributed by atoms with E-state index >= 15 is 0 Å². The molecule has 2 N–H and O–H groups in total. The molecule has 1 atom stereocenters. The van der Waals surface area contributed by atoms with Crippen molar-refractivity contribution in [2.75, 3.05) is 0 Å². The second-order valence-electron chi connectivity index (χ2n) is 4.74. The summed E-state index contributed by atoms with van der Waals surface area (Å²) in [7, 11) is -7.57. The van der Waals surface area contributed by atoms with E-state index < -0.39 is 19.9 Å². The van der Waals surface area contributed by atoms with E-state index in [1.54, 1.807) is 24.3 Å². The predicted octanol–water partition coefficient (Wildman–Crippen LogP) is 2.39. The highest BCUT2D eigenvalue weighted by atomic mass is 32.3. The molecule has 0 heterocycles. The lowest BCUT2D eigenvalue weighted by Gasteiger charge is -2.05. The molecule has 0 aliphatic rings. The first-order valence-corrected chi connectivity index (χ1v) is 9.17. The molecule has 2 aromatic rings. The van der Waals surface area contributed by atoms with Crippen LogP contribution in [0.25, 0.3) is 0 Å². The standard InChI is InChI=1S/C14H16N2O3S2/c1-11-3-7-13(8-4-11)20(15,17)16-21(18,19)14-9-5-12(2)6-10-14/h3-10H,1-2H3,(H2,15,16,17). The Morgan fingerprint density at radius 2 is 1.14 bits per heavy atom. The van der Waals surface area contributed by atoms with Gasteiger partial charge in [0.15, 0.2) is 0 Å². The molecule has 0 bridgehead atoms. The van der Waals surface area contributed by atoms with Crippen LogP contribution in [0.4, 0.5) is 0 Å². The quantitative estimate of drug-likeness (QED) is 0.940. The van der Waals surface area contributed by atoms with Crippen molar-refractivity contribution in [1.29, 1.82) is 0 Å². The molecule has 1 unspecified atom stereocenters. The molecule has 0 saturated carbocycles. The van der Waals surface area contributed by atoms with Crippen LogP contribution < -0.4 is 5.14 Å². The molecule has 0 fully saturated rings. The van der Waals surface area contributed by atoms with Crippen molar-refractivity contribution in [3.8, 4) is 0 Å². The summed E-state index contributed by atoms with van der Waals surface area (Å²) in [5.41, 5.74) is 1.87. The van der Waals surface area contributed by atoms with Gasteiger partial charge in [0.1, 0.15) is 9.92 Å². The van der Waals surface area contributed by atoms with Crippen LogP contribution in [0.2, 0.25) is 0 Å². The molecular weight excluding hydrogens is 308 g/mol. The first-order chi connectivity index (χ1) is 9.71. The number of benzene rings is 2. The molecule has 21 heavy (non-hydrogen) atoms. The van der Waals surface area contributed by atoms with Gasteiger partial charge in [0.2, 0.25) is 0 Å². The topological polar surface area (TPSA) is 89.6 Å². The van der Waals surface area contributed by atoms with Crippen LogP contribution in [0.1, 0.15) is 11.1 Å². The largest absolute Gasteiger partial charge is 0.291 e. The van der Waals surface area contributed by atoms with Gasteiger partial charge in [0.25, 0.3) is 10.0 Å². The predicted molar refractivity (Wildman–Crippen MR) is 82.6 cm³/mol. The van der Waals surface area contributed by atoms with E-state index in [2.05, 4.69) is 3.77 Å². The van der Waals surface area contributed by atoms with Gasteiger partial charge in [0.05, 0.1) is 9.79 Å². The zero-order valence-corrected chi connectivity index (χ0v) is 13.3. The van der Waals surface area contributed by atoms with Gasteiger partial charge in [-0.1, -0.05) is 39.2 Å². The number of nitrogens with zero attached hydrogens (tertiary/aromatic N) is 1. The fourth-order valence-corrected chi connectivity index (χ4v) is 4.54. The average Bonchev–Trinajstić information content (AvgIpc) is 2.38. The highest BCUT2D eigenvalue weighted by Crippen LogP contribution is 2.18. The zero-order valence-electron chi connectivity index (χ0n) is 11.7. The van der Waals surface area contributed by atoms with Crippen LogP contribution in [0.3, 0.4) is 0 Å². The lowest BCUT2D eigenvalue weighted by molar-refractivity contribution is 0.598. The number of sulfonamides is 1. The van der Waals surface area contributed by atoms with Gasteiger partial charge < -0.3 is 0 Å². The van der Waals surface area contributed by atoms with E-state index in [9.17, 15) is 12.6 Å².